The van der Waals surface area contributed by atoms with E-state index in [0.717, 1.165) is 18.8 Å². The molecule has 1 fully saturated rings. The molecule has 1 saturated heterocycles. The average molecular weight is 225 g/mol. The first-order chi connectivity index (χ1) is 8.36. The number of nitriles is 1. The molecule has 0 N–H and O–H groups in total. The zero-order chi connectivity index (χ0) is 12.1. The van der Waals surface area contributed by atoms with Crippen LogP contribution in [0, 0.1) is 17.9 Å². The van der Waals surface area contributed by atoms with E-state index in [1.54, 1.807) is 6.07 Å². The molecule has 0 radical (unpaired) electrons. The third kappa shape index (κ3) is 2.40. The molecule has 1 aliphatic heterocycles. The normalized spacial score (nSPS) is 15.8. The van der Waals surface area contributed by atoms with Crippen LogP contribution in [0.2, 0.25) is 0 Å². The van der Waals surface area contributed by atoms with Gasteiger partial charge in [-0.3, -0.25) is 0 Å². The van der Waals surface area contributed by atoms with Crippen molar-refractivity contribution in [2.45, 2.75) is 25.7 Å². The number of anilines is 1. The highest BCUT2D eigenvalue weighted by molar-refractivity contribution is 5.77. The summed E-state index contributed by atoms with van der Waals surface area (Å²) in [5, 5.41) is 9.02. The zero-order valence-electron chi connectivity index (χ0n) is 9.82. The van der Waals surface area contributed by atoms with Gasteiger partial charge in [-0.1, -0.05) is 25.0 Å². The molecule has 1 aromatic rings. The zero-order valence-corrected chi connectivity index (χ0v) is 9.82. The molecule has 0 aliphatic carbocycles. The Morgan fingerprint density at radius 2 is 1.88 bits per heavy atom. The van der Waals surface area contributed by atoms with E-state index in [1.807, 2.05) is 12.1 Å². The van der Waals surface area contributed by atoms with Gasteiger partial charge in [0.2, 0.25) is 5.69 Å². The van der Waals surface area contributed by atoms with E-state index in [4.69, 9.17) is 11.8 Å². The topological polar surface area (TPSA) is 31.4 Å². The summed E-state index contributed by atoms with van der Waals surface area (Å²) in [6, 6.07) is 7.64. The largest absolute Gasteiger partial charge is 0.380 e. The summed E-state index contributed by atoms with van der Waals surface area (Å²) >= 11 is 0. The van der Waals surface area contributed by atoms with Crippen LogP contribution in [0.3, 0.4) is 0 Å². The first-order valence-corrected chi connectivity index (χ1v) is 6.02. The molecule has 2 rings (SSSR count). The number of nitrogens with zero attached hydrogens (tertiary/aromatic N) is 3. The summed E-state index contributed by atoms with van der Waals surface area (Å²) in [4.78, 5) is 5.78. The van der Waals surface area contributed by atoms with Crippen molar-refractivity contribution in [1.82, 2.24) is 0 Å². The van der Waals surface area contributed by atoms with Crippen LogP contribution in [0.15, 0.2) is 18.2 Å². The molecule has 0 bridgehead atoms. The van der Waals surface area contributed by atoms with Gasteiger partial charge in [-0.25, -0.2) is 4.85 Å². The highest BCUT2D eigenvalue weighted by Gasteiger charge is 2.15. The van der Waals surface area contributed by atoms with Crippen LogP contribution >= 0.6 is 0 Å². The molecular weight excluding hydrogens is 210 g/mol. The van der Waals surface area contributed by atoms with Crippen LogP contribution in [0.1, 0.15) is 31.2 Å². The molecule has 0 amide bonds. The molecule has 3 nitrogen and oxygen atoms in total. The lowest BCUT2D eigenvalue weighted by Crippen LogP contribution is -2.23. The van der Waals surface area contributed by atoms with E-state index < -0.39 is 0 Å². The summed E-state index contributed by atoms with van der Waals surface area (Å²) < 4.78 is 0. The third-order valence-electron chi connectivity index (χ3n) is 3.19. The van der Waals surface area contributed by atoms with Crippen molar-refractivity contribution in [2.24, 2.45) is 0 Å². The fraction of sp³-hybridized carbons (Fsp3) is 0.429. The van der Waals surface area contributed by atoms with Gasteiger partial charge in [-0.05, 0) is 18.9 Å². The summed E-state index contributed by atoms with van der Waals surface area (Å²) in [7, 11) is 0. The Morgan fingerprint density at radius 1 is 1.18 bits per heavy atom. The van der Waals surface area contributed by atoms with Crippen LogP contribution in [0.4, 0.5) is 11.4 Å². The van der Waals surface area contributed by atoms with E-state index in [0.29, 0.717) is 11.3 Å². The molecule has 0 atom stereocenters. The molecule has 0 unspecified atom stereocenters. The lowest BCUT2D eigenvalue weighted by atomic mass is 10.1. The Hall–Kier alpha value is -2.00. The predicted octanol–water partition coefficient (Wildman–Crippen LogP) is 3.49. The van der Waals surface area contributed by atoms with Gasteiger partial charge in [0.1, 0.15) is 0 Å². The quantitative estimate of drug-likeness (QED) is 0.685. The van der Waals surface area contributed by atoms with Crippen molar-refractivity contribution in [2.75, 3.05) is 18.0 Å². The molecular formula is C14H15N3. The molecule has 3 heteroatoms. The maximum Gasteiger partial charge on any atom is 0.227 e. The minimum atomic E-state index is 0.488. The Bertz CT molecular complexity index is 471. The van der Waals surface area contributed by atoms with E-state index in [9.17, 15) is 0 Å². The Kier molecular flexibility index (Phi) is 3.62. The van der Waals surface area contributed by atoms with Gasteiger partial charge in [0.05, 0.1) is 18.2 Å². The van der Waals surface area contributed by atoms with Crippen LogP contribution < -0.4 is 4.90 Å². The van der Waals surface area contributed by atoms with Crippen molar-refractivity contribution in [3.05, 3.63) is 35.2 Å². The number of hydrogen-bond acceptors (Lipinski definition) is 2. The second-order valence-electron chi connectivity index (χ2n) is 4.30. The molecule has 17 heavy (non-hydrogen) atoms. The molecule has 0 saturated carbocycles. The molecule has 86 valence electrons. The van der Waals surface area contributed by atoms with E-state index in [1.165, 1.54) is 25.7 Å². The monoisotopic (exact) mass is 225 g/mol. The number of hydrogen-bond donors (Lipinski definition) is 0. The maximum atomic E-state index is 9.02. The SMILES string of the molecule is [C-]#[N+]c1c(C#N)cccc1N1CCCCCC1. The van der Waals surface area contributed by atoms with Gasteiger partial charge in [-0.15, -0.1) is 0 Å². The summed E-state index contributed by atoms with van der Waals surface area (Å²) in [5.74, 6) is 0. The second kappa shape index (κ2) is 5.37. The Labute approximate surface area is 102 Å². The summed E-state index contributed by atoms with van der Waals surface area (Å²) in [6.45, 7) is 9.24. The molecule has 1 heterocycles. The van der Waals surface area contributed by atoms with Crippen LogP contribution in [-0.4, -0.2) is 13.1 Å². The first kappa shape index (κ1) is 11.5. The highest BCUT2D eigenvalue weighted by Crippen LogP contribution is 2.33. The van der Waals surface area contributed by atoms with Crippen LogP contribution in [0.25, 0.3) is 4.85 Å². The van der Waals surface area contributed by atoms with Crippen molar-refractivity contribution >= 4 is 11.4 Å². The Balaban J connectivity index is 2.37. The van der Waals surface area contributed by atoms with Crippen LogP contribution in [-0.2, 0) is 0 Å². The molecule has 0 spiro atoms. The predicted molar refractivity (Wildman–Crippen MR) is 68.1 cm³/mol. The fourth-order valence-electron chi connectivity index (χ4n) is 2.31. The van der Waals surface area contributed by atoms with Crippen molar-refractivity contribution in [3.63, 3.8) is 0 Å². The first-order valence-electron chi connectivity index (χ1n) is 6.02. The van der Waals surface area contributed by atoms with Gasteiger partial charge in [0.15, 0.2) is 0 Å². The van der Waals surface area contributed by atoms with Gasteiger partial charge in [0, 0.05) is 18.8 Å². The van der Waals surface area contributed by atoms with E-state index in [2.05, 4.69) is 15.8 Å². The minimum Gasteiger partial charge on any atom is -0.380 e. The van der Waals surface area contributed by atoms with Gasteiger partial charge in [-0.2, -0.15) is 5.26 Å². The second-order valence-corrected chi connectivity index (χ2v) is 4.30. The average Bonchev–Trinajstić information content (AvgIpc) is 2.66. The smallest absolute Gasteiger partial charge is 0.227 e. The highest BCUT2D eigenvalue weighted by atomic mass is 15.1. The maximum absolute atomic E-state index is 9.02. The van der Waals surface area contributed by atoms with Crippen LogP contribution in [0.5, 0.6) is 0 Å². The minimum absolute atomic E-state index is 0.488. The number of para-hydroxylation sites is 1. The van der Waals surface area contributed by atoms with Gasteiger partial charge < -0.3 is 4.90 Å². The number of benzene rings is 1. The van der Waals surface area contributed by atoms with Crippen molar-refractivity contribution < 1.29 is 0 Å². The lowest BCUT2D eigenvalue weighted by molar-refractivity contribution is 0.726. The van der Waals surface area contributed by atoms with Gasteiger partial charge in [0.25, 0.3) is 0 Å². The fourth-order valence-corrected chi connectivity index (χ4v) is 2.31. The summed E-state index contributed by atoms with van der Waals surface area (Å²) in [6.07, 6.45) is 4.88. The lowest BCUT2D eigenvalue weighted by Gasteiger charge is -2.24. The molecule has 1 aromatic carbocycles. The van der Waals surface area contributed by atoms with Crippen molar-refractivity contribution in [3.8, 4) is 6.07 Å². The molecule has 1 aliphatic rings. The Morgan fingerprint density at radius 3 is 2.47 bits per heavy atom. The number of rotatable bonds is 1. The third-order valence-corrected chi connectivity index (χ3v) is 3.19. The van der Waals surface area contributed by atoms with E-state index in [-0.39, 0.29) is 0 Å². The van der Waals surface area contributed by atoms with Gasteiger partial charge >= 0.3 is 0 Å². The summed E-state index contributed by atoms with van der Waals surface area (Å²) in [5.41, 5.74) is 1.93. The van der Waals surface area contributed by atoms with Crippen molar-refractivity contribution in [1.29, 1.82) is 5.26 Å². The van der Waals surface area contributed by atoms with E-state index >= 15 is 0 Å². The standard InChI is InChI=1S/C14H15N3/c1-16-14-12(11-15)7-6-8-13(14)17-9-4-2-3-5-10-17/h6-8H,2-5,9-10H2. The molecule has 0 aromatic heterocycles.